The van der Waals surface area contributed by atoms with Gasteiger partial charge in [-0.2, -0.15) is 0 Å². The van der Waals surface area contributed by atoms with Crippen molar-refractivity contribution in [2.45, 2.75) is 12.8 Å². The van der Waals surface area contributed by atoms with Crippen LogP contribution in [0.5, 0.6) is 11.5 Å². The van der Waals surface area contributed by atoms with E-state index in [1.165, 1.54) is 7.11 Å². The number of likely N-dealkylation sites (tertiary alicyclic amines) is 1. The number of phenols is 1. The second kappa shape index (κ2) is 6.53. The van der Waals surface area contributed by atoms with Crippen LogP contribution in [0, 0.1) is 5.92 Å². The third-order valence-electron chi connectivity index (χ3n) is 3.68. The first-order valence-electron chi connectivity index (χ1n) is 6.92. The fourth-order valence-corrected chi connectivity index (χ4v) is 3.55. The van der Waals surface area contributed by atoms with E-state index in [0.29, 0.717) is 25.3 Å². The zero-order valence-corrected chi connectivity index (χ0v) is 13.2. The summed E-state index contributed by atoms with van der Waals surface area (Å²) < 4.78 is 27.1. The summed E-state index contributed by atoms with van der Waals surface area (Å²) in [4.78, 5) is 13.5. The minimum Gasteiger partial charge on any atom is -0.504 e. The van der Waals surface area contributed by atoms with Gasteiger partial charge in [-0.3, -0.25) is 4.79 Å². The maximum absolute atomic E-state index is 11.9. The van der Waals surface area contributed by atoms with Crippen molar-refractivity contribution in [3.8, 4) is 11.5 Å². The number of benzene rings is 1. The molecule has 7 nitrogen and oxygen atoms in total. The van der Waals surface area contributed by atoms with E-state index in [9.17, 15) is 18.3 Å². The predicted molar refractivity (Wildman–Crippen MR) is 81.0 cm³/mol. The van der Waals surface area contributed by atoms with Gasteiger partial charge in [0.2, 0.25) is 15.9 Å². The zero-order chi connectivity index (χ0) is 16.3. The van der Waals surface area contributed by atoms with Gasteiger partial charge < -0.3 is 14.7 Å². The molecule has 2 rings (SSSR count). The lowest BCUT2D eigenvalue weighted by Crippen LogP contribution is -2.29. The van der Waals surface area contributed by atoms with E-state index in [1.54, 1.807) is 17.0 Å². The zero-order valence-electron chi connectivity index (χ0n) is 12.4. The summed E-state index contributed by atoms with van der Waals surface area (Å²) in [6, 6.07) is 5.09. The Balaban J connectivity index is 1.92. The number of amides is 1. The van der Waals surface area contributed by atoms with Crippen LogP contribution >= 0.6 is 0 Å². The topological polar surface area (TPSA) is 110 Å². The fourth-order valence-electron chi connectivity index (χ4n) is 2.67. The summed E-state index contributed by atoms with van der Waals surface area (Å²) in [5, 5.41) is 14.7. The number of nitrogens with zero attached hydrogens (tertiary/aromatic N) is 1. The Morgan fingerprint density at radius 2 is 2.18 bits per heavy atom. The number of hydrogen-bond acceptors (Lipinski definition) is 5. The van der Waals surface area contributed by atoms with Crippen molar-refractivity contribution in [3.05, 3.63) is 23.8 Å². The number of nitrogens with two attached hydrogens (primary N) is 1. The van der Waals surface area contributed by atoms with Crippen LogP contribution in [0.2, 0.25) is 0 Å². The SMILES string of the molecule is COc1ccc(CCN2CC(CS(N)(=O)=O)CC2=O)cc1O. The minimum absolute atomic E-state index is 0.0554. The standard InChI is InChI=1S/C14H20N2O5S/c1-21-13-3-2-10(6-12(13)17)4-5-16-8-11(7-14(16)18)9-22(15,19)20/h2-3,6,11,17H,4-5,7-9H2,1H3,(H2,15,19,20). The molecule has 1 aromatic rings. The molecule has 0 aliphatic carbocycles. The van der Waals surface area contributed by atoms with Crippen LogP contribution in [0.1, 0.15) is 12.0 Å². The number of primary sulfonamides is 1. The van der Waals surface area contributed by atoms with Crippen LogP contribution < -0.4 is 9.88 Å². The molecule has 1 aliphatic heterocycles. The van der Waals surface area contributed by atoms with Crippen molar-refractivity contribution >= 4 is 15.9 Å². The highest BCUT2D eigenvalue weighted by Gasteiger charge is 2.31. The fraction of sp³-hybridized carbons (Fsp3) is 0.500. The quantitative estimate of drug-likeness (QED) is 0.768. The molecule has 1 heterocycles. The van der Waals surface area contributed by atoms with Crippen molar-refractivity contribution in [3.63, 3.8) is 0 Å². The third kappa shape index (κ3) is 4.35. The van der Waals surface area contributed by atoms with E-state index in [2.05, 4.69) is 0 Å². The number of ether oxygens (including phenoxy) is 1. The number of sulfonamides is 1. The molecule has 8 heteroatoms. The molecule has 0 bridgehead atoms. The summed E-state index contributed by atoms with van der Waals surface area (Å²) >= 11 is 0. The van der Waals surface area contributed by atoms with Crippen LogP contribution in [0.25, 0.3) is 0 Å². The third-order valence-corrected chi connectivity index (χ3v) is 4.61. The Morgan fingerprint density at radius 1 is 1.45 bits per heavy atom. The number of carbonyl (C=O) groups is 1. The van der Waals surface area contributed by atoms with Gasteiger partial charge in [-0.15, -0.1) is 0 Å². The Hall–Kier alpha value is -1.80. The molecule has 0 saturated carbocycles. The number of rotatable bonds is 6. The van der Waals surface area contributed by atoms with Gasteiger partial charge in [-0.25, -0.2) is 13.6 Å². The number of phenolic OH excluding ortho intramolecular Hbond substituents is 1. The van der Waals surface area contributed by atoms with Gasteiger partial charge in [0.25, 0.3) is 0 Å². The van der Waals surface area contributed by atoms with Gasteiger partial charge in [-0.05, 0) is 24.1 Å². The molecular formula is C14H20N2O5S. The maximum Gasteiger partial charge on any atom is 0.222 e. The molecule has 1 aliphatic rings. The normalized spacial score (nSPS) is 18.7. The Kier molecular flexibility index (Phi) is 4.92. The summed E-state index contributed by atoms with van der Waals surface area (Å²) in [5.74, 6) is -0.0225. The van der Waals surface area contributed by atoms with Crippen molar-refractivity contribution in [2.24, 2.45) is 11.1 Å². The van der Waals surface area contributed by atoms with Crippen LogP contribution in [0.15, 0.2) is 18.2 Å². The van der Waals surface area contributed by atoms with Crippen LogP contribution in [0.3, 0.4) is 0 Å². The summed E-state index contributed by atoms with van der Waals surface area (Å²) in [5.41, 5.74) is 0.876. The lowest BCUT2D eigenvalue weighted by atomic mass is 10.1. The summed E-state index contributed by atoms with van der Waals surface area (Å²) in [6.07, 6.45) is 0.787. The first kappa shape index (κ1) is 16.6. The molecule has 0 spiro atoms. The van der Waals surface area contributed by atoms with Crippen molar-refractivity contribution in [1.82, 2.24) is 4.90 Å². The summed E-state index contributed by atoms with van der Waals surface area (Å²) in [7, 11) is -2.09. The van der Waals surface area contributed by atoms with E-state index in [4.69, 9.17) is 9.88 Å². The second-order valence-corrected chi connectivity index (χ2v) is 7.15. The highest BCUT2D eigenvalue weighted by atomic mass is 32.2. The van der Waals surface area contributed by atoms with E-state index in [-0.39, 0.29) is 29.7 Å². The number of hydrogen-bond donors (Lipinski definition) is 2. The van der Waals surface area contributed by atoms with Crippen molar-refractivity contribution in [1.29, 1.82) is 0 Å². The molecule has 1 atom stereocenters. The van der Waals surface area contributed by atoms with Gasteiger partial charge in [-0.1, -0.05) is 6.07 Å². The number of carbonyl (C=O) groups excluding carboxylic acids is 1. The molecule has 122 valence electrons. The molecule has 1 unspecified atom stereocenters. The monoisotopic (exact) mass is 328 g/mol. The molecule has 1 aromatic carbocycles. The first-order chi connectivity index (χ1) is 10.3. The van der Waals surface area contributed by atoms with Crippen LogP contribution in [0.4, 0.5) is 0 Å². The van der Waals surface area contributed by atoms with Crippen LogP contribution in [-0.4, -0.2) is 50.3 Å². The van der Waals surface area contributed by atoms with E-state index in [1.807, 2.05) is 6.07 Å². The predicted octanol–water partition coefficient (Wildman–Crippen LogP) is 0.0803. The Morgan fingerprint density at radius 3 is 2.77 bits per heavy atom. The Labute approximate surface area is 129 Å². The van der Waals surface area contributed by atoms with E-state index < -0.39 is 10.0 Å². The minimum atomic E-state index is -3.56. The highest BCUT2D eigenvalue weighted by molar-refractivity contribution is 7.89. The van der Waals surface area contributed by atoms with Crippen molar-refractivity contribution < 1.29 is 23.1 Å². The molecular weight excluding hydrogens is 308 g/mol. The van der Waals surface area contributed by atoms with Gasteiger partial charge in [0.15, 0.2) is 11.5 Å². The number of aromatic hydroxyl groups is 1. The molecule has 3 N–H and O–H groups in total. The first-order valence-corrected chi connectivity index (χ1v) is 8.64. The lowest BCUT2D eigenvalue weighted by molar-refractivity contribution is -0.127. The van der Waals surface area contributed by atoms with Crippen molar-refractivity contribution in [2.75, 3.05) is 26.0 Å². The smallest absolute Gasteiger partial charge is 0.222 e. The highest BCUT2D eigenvalue weighted by Crippen LogP contribution is 2.27. The molecule has 1 saturated heterocycles. The molecule has 0 aromatic heterocycles. The summed E-state index contributed by atoms with van der Waals surface area (Å²) in [6.45, 7) is 0.878. The van der Waals surface area contributed by atoms with Gasteiger partial charge in [0.05, 0.1) is 12.9 Å². The van der Waals surface area contributed by atoms with Gasteiger partial charge in [0, 0.05) is 25.4 Å². The van der Waals surface area contributed by atoms with Gasteiger partial charge in [0.1, 0.15) is 0 Å². The maximum atomic E-state index is 11.9. The number of methoxy groups -OCH3 is 1. The molecule has 1 fully saturated rings. The second-order valence-electron chi connectivity index (χ2n) is 5.50. The van der Waals surface area contributed by atoms with Crippen LogP contribution in [-0.2, 0) is 21.2 Å². The molecule has 0 radical (unpaired) electrons. The Bertz CT molecular complexity index is 659. The van der Waals surface area contributed by atoms with Gasteiger partial charge >= 0.3 is 0 Å². The molecule has 22 heavy (non-hydrogen) atoms. The molecule has 1 amide bonds. The average Bonchev–Trinajstić information content (AvgIpc) is 2.74. The lowest BCUT2D eigenvalue weighted by Gasteiger charge is -2.16. The van der Waals surface area contributed by atoms with E-state index >= 15 is 0 Å². The average molecular weight is 328 g/mol. The van der Waals surface area contributed by atoms with E-state index in [0.717, 1.165) is 5.56 Å². The largest absolute Gasteiger partial charge is 0.504 e.